The van der Waals surface area contributed by atoms with E-state index in [0.29, 0.717) is 48.9 Å². The fourth-order valence-corrected chi connectivity index (χ4v) is 4.39. The van der Waals surface area contributed by atoms with E-state index in [1.54, 1.807) is 6.07 Å². The first-order valence-corrected chi connectivity index (χ1v) is 11.2. The van der Waals surface area contributed by atoms with E-state index >= 15 is 0 Å². The Hall–Kier alpha value is -2.51. The van der Waals surface area contributed by atoms with Gasteiger partial charge < -0.3 is 19.0 Å². The molecule has 1 aromatic carbocycles. The van der Waals surface area contributed by atoms with E-state index in [1.807, 2.05) is 34.1 Å². The molecule has 2 saturated heterocycles. The number of piperidine rings is 1. The molecule has 0 spiro atoms. The molecular weight excluding hydrogens is 418 g/mol. The first kappa shape index (κ1) is 21.7. The van der Waals surface area contributed by atoms with Crippen LogP contribution < -0.4 is 4.74 Å². The second-order valence-corrected chi connectivity index (χ2v) is 8.43. The molecule has 0 N–H and O–H groups in total. The third-order valence-corrected chi connectivity index (χ3v) is 6.40. The van der Waals surface area contributed by atoms with Gasteiger partial charge in [0, 0.05) is 51.7 Å². The molecule has 4 rings (SSSR count). The van der Waals surface area contributed by atoms with Gasteiger partial charge in [-0.15, -0.1) is 0 Å². The van der Waals surface area contributed by atoms with Gasteiger partial charge in [0.25, 0.3) is 5.91 Å². The van der Waals surface area contributed by atoms with Crippen molar-refractivity contribution in [3.8, 4) is 5.75 Å². The number of carbonyl (C=O) groups excluding carboxylic acids is 2. The van der Waals surface area contributed by atoms with Crippen LogP contribution in [0.5, 0.6) is 5.75 Å². The molecule has 0 unspecified atom stereocenters. The molecule has 166 valence electrons. The minimum atomic E-state index is -0.0210. The molecule has 2 aliphatic rings. The summed E-state index contributed by atoms with van der Waals surface area (Å²) in [6, 6.07) is 9.15. The van der Waals surface area contributed by atoms with E-state index in [9.17, 15) is 9.59 Å². The highest BCUT2D eigenvalue weighted by atomic mass is 35.5. The smallest absolute Gasteiger partial charge is 0.257 e. The topological polar surface area (TPSA) is 66.2 Å². The number of hydrogen-bond acceptors (Lipinski definition) is 5. The molecule has 1 aromatic heterocycles. The molecular formula is C23H28ClN3O4. The summed E-state index contributed by atoms with van der Waals surface area (Å²) < 4.78 is 10.8. The number of benzene rings is 1. The number of furan rings is 1. The highest BCUT2D eigenvalue weighted by Gasteiger charge is 2.32. The van der Waals surface area contributed by atoms with Gasteiger partial charge in [-0.1, -0.05) is 23.7 Å². The third-order valence-electron chi connectivity index (χ3n) is 6.09. The van der Waals surface area contributed by atoms with Crippen molar-refractivity contribution in [3.63, 3.8) is 0 Å². The monoisotopic (exact) mass is 445 g/mol. The predicted molar refractivity (Wildman–Crippen MR) is 117 cm³/mol. The lowest BCUT2D eigenvalue weighted by atomic mass is 9.94. The zero-order chi connectivity index (χ0) is 21.6. The zero-order valence-electron chi connectivity index (χ0n) is 17.5. The average molecular weight is 446 g/mol. The number of likely N-dealkylation sites (tertiary alicyclic amines) is 1. The van der Waals surface area contributed by atoms with Crippen LogP contribution in [-0.2, 0) is 4.79 Å². The van der Waals surface area contributed by atoms with E-state index < -0.39 is 0 Å². The molecule has 0 bridgehead atoms. The SMILES string of the molecule is O=C(c1ccoc1)N1CCC(C(=O)N2CCN(CCOc3ccccc3Cl)CC2)CC1. The van der Waals surface area contributed by atoms with E-state index in [0.717, 1.165) is 32.7 Å². The van der Waals surface area contributed by atoms with Crippen molar-refractivity contribution < 1.29 is 18.7 Å². The van der Waals surface area contributed by atoms with E-state index in [-0.39, 0.29) is 17.7 Å². The molecule has 0 atom stereocenters. The molecule has 2 amide bonds. The number of para-hydroxylation sites is 1. The van der Waals surface area contributed by atoms with Gasteiger partial charge in [0.05, 0.1) is 16.8 Å². The Bertz CT molecular complexity index is 873. The Balaban J connectivity index is 1.17. The first-order chi connectivity index (χ1) is 15.1. The lowest BCUT2D eigenvalue weighted by molar-refractivity contribution is -0.138. The van der Waals surface area contributed by atoms with Crippen LogP contribution in [0.25, 0.3) is 0 Å². The standard InChI is InChI=1S/C23H28ClN3O4/c24-20-3-1-2-4-21(20)31-16-14-25-10-12-27(13-11-25)22(28)18-5-8-26(9-6-18)23(29)19-7-15-30-17-19/h1-4,7,15,17-18H,5-6,8-14,16H2. The van der Waals surface area contributed by atoms with Crippen molar-refractivity contribution in [2.45, 2.75) is 12.8 Å². The number of hydrogen-bond donors (Lipinski definition) is 0. The van der Waals surface area contributed by atoms with Crippen molar-refractivity contribution in [2.24, 2.45) is 5.92 Å². The average Bonchev–Trinajstić information content (AvgIpc) is 3.35. The fraction of sp³-hybridized carbons (Fsp3) is 0.478. The van der Waals surface area contributed by atoms with Crippen LogP contribution >= 0.6 is 11.6 Å². The number of amides is 2. The van der Waals surface area contributed by atoms with Crippen molar-refractivity contribution in [2.75, 3.05) is 52.4 Å². The minimum absolute atomic E-state index is 0.00325. The summed E-state index contributed by atoms with van der Waals surface area (Å²) in [6.07, 6.45) is 4.41. The zero-order valence-corrected chi connectivity index (χ0v) is 18.3. The summed E-state index contributed by atoms with van der Waals surface area (Å²) >= 11 is 6.12. The van der Waals surface area contributed by atoms with Crippen molar-refractivity contribution >= 4 is 23.4 Å². The van der Waals surface area contributed by atoms with Gasteiger partial charge in [-0.25, -0.2) is 0 Å². The number of piperazine rings is 1. The van der Waals surface area contributed by atoms with Gasteiger partial charge in [-0.2, -0.15) is 0 Å². The van der Waals surface area contributed by atoms with Crippen LogP contribution in [0.2, 0.25) is 5.02 Å². The van der Waals surface area contributed by atoms with Gasteiger partial charge in [-0.3, -0.25) is 14.5 Å². The molecule has 8 heteroatoms. The highest BCUT2D eigenvalue weighted by molar-refractivity contribution is 6.32. The van der Waals surface area contributed by atoms with Crippen molar-refractivity contribution in [3.05, 3.63) is 53.4 Å². The summed E-state index contributed by atoms with van der Waals surface area (Å²) in [5.74, 6) is 0.911. The molecule has 3 heterocycles. The molecule has 2 aromatic rings. The maximum Gasteiger partial charge on any atom is 0.257 e. The second kappa shape index (κ2) is 10.2. The largest absolute Gasteiger partial charge is 0.491 e. The van der Waals surface area contributed by atoms with Crippen LogP contribution in [0.1, 0.15) is 23.2 Å². The van der Waals surface area contributed by atoms with Gasteiger partial charge in [0.15, 0.2) is 0 Å². The first-order valence-electron chi connectivity index (χ1n) is 10.8. The van der Waals surface area contributed by atoms with Gasteiger partial charge in [-0.05, 0) is 31.0 Å². The minimum Gasteiger partial charge on any atom is -0.491 e. The Labute approximate surface area is 187 Å². The maximum absolute atomic E-state index is 13.0. The van der Waals surface area contributed by atoms with Gasteiger partial charge >= 0.3 is 0 Å². The van der Waals surface area contributed by atoms with Gasteiger partial charge in [0.2, 0.25) is 5.91 Å². The second-order valence-electron chi connectivity index (χ2n) is 8.02. The Morgan fingerprint density at radius 2 is 1.74 bits per heavy atom. The highest BCUT2D eigenvalue weighted by Crippen LogP contribution is 2.24. The lowest BCUT2D eigenvalue weighted by Crippen LogP contribution is -2.52. The molecule has 31 heavy (non-hydrogen) atoms. The molecule has 2 fully saturated rings. The summed E-state index contributed by atoms with van der Waals surface area (Å²) in [4.78, 5) is 31.5. The summed E-state index contributed by atoms with van der Waals surface area (Å²) in [7, 11) is 0. The maximum atomic E-state index is 13.0. The van der Waals surface area contributed by atoms with Crippen LogP contribution in [0.3, 0.4) is 0 Å². The summed E-state index contributed by atoms with van der Waals surface area (Å²) in [5.41, 5.74) is 0.569. The quantitative estimate of drug-likeness (QED) is 0.683. The fourth-order valence-electron chi connectivity index (χ4n) is 4.19. The van der Waals surface area contributed by atoms with Crippen LogP contribution in [-0.4, -0.2) is 78.9 Å². The van der Waals surface area contributed by atoms with E-state index in [4.69, 9.17) is 20.8 Å². The number of nitrogens with zero attached hydrogens (tertiary/aromatic N) is 3. The Morgan fingerprint density at radius 1 is 1.00 bits per heavy atom. The number of ether oxygens (including phenoxy) is 1. The van der Waals surface area contributed by atoms with E-state index in [1.165, 1.54) is 12.5 Å². The Morgan fingerprint density at radius 3 is 2.42 bits per heavy atom. The van der Waals surface area contributed by atoms with Crippen LogP contribution in [0.15, 0.2) is 47.3 Å². The predicted octanol–water partition coefficient (Wildman–Crippen LogP) is 3.01. The lowest BCUT2D eigenvalue weighted by Gasteiger charge is -2.38. The third kappa shape index (κ3) is 5.40. The molecule has 0 radical (unpaired) electrons. The van der Waals surface area contributed by atoms with Crippen molar-refractivity contribution in [1.29, 1.82) is 0 Å². The number of carbonyl (C=O) groups is 2. The van der Waals surface area contributed by atoms with Gasteiger partial charge in [0.1, 0.15) is 18.6 Å². The molecule has 2 aliphatic heterocycles. The van der Waals surface area contributed by atoms with Crippen LogP contribution in [0.4, 0.5) is 0 Å². The number of halogens is 1. The van der Waals surface area contributed by atoms with Crippen LogP contribution in [0, 0.1) is 5.92 Å². The normalized spacial score (nSPS) is 18.2. The Kier molecular flexibility index (Phi) is 7.14. The van der Waals surface area contributed by atoms with E-state index in [2.05, 4.69) is 4.90 Å². The summed E-state index contributed by atoms with van der Waals surface area (Å²) in [6.45, 7) is 5.76. The van der Waals surface area contributed by atoms with Crippen molar-refractivity contribution in [1.82, 2.24) is 14.7 Å². The summed E-state index contributed by atoms with van der Waals surface area (Å²) in [5, 5.41) is 0.621. The molecule has 0 saturated carbocycles. The number of rotatable bonds is 6. The molecule has 0 aliphatic carbocycles. The molecule has 7 nitrogen and oxygen atoms in total.